The van der Waals surface area contributed by atoms with Crippen LogP contribution in [0.25, 0.3) is 0 Å². The lowest BCUT2D eigenvalue weighted by atomic mass is 10.2. The molecule has 0 aliphatic carbocycles. The first-order valence-corrected chi connectivity index (χ1v) is 6.40. The summed E-state index contributed by atoms with van der Waals surface area (Å²) in [6.07, 6.45) is 0.990. The molecule has 2 rings (SSSR count). The second-order valence-electron chi connectivity index (χ2n) is 2.99. The molecule has 0 bridgehead atoms. The number of rotatable bonds is 0. The lowest BCUT2D eigenvalue weighted by Crippen LogP contribution is -2.25. The van der Waals surface area contributed by atoms with Gasteiger partial charge in [-0.1, -0.05) is 0 Å². The number of fused-ring (bicyclic) bond motifs is 1. The number of nitrogens with zero attached hydrogens (tertiary/aromatic N) is 3. The molecule has 1 aliphatic rings. The van der Waals surface area contributed by atoms with Crippen LogP contribution < -0.4 is 0 Å². The molecule has 0 radical (unpaired) electrons. The topological polar surface area (TPSA) is 39.9 Å². The molecule has 0 N–H and O–H groups in total. The third-order valence-corrected chi connectivity index (χ3v) is 3.00. The number of likely N-dealkylation sites (N-methyl/N-ethyl adjacent to an activating group) is 1. The second-order valence-corrected chi connectivity index (χ2v) is 4.07. The maximum Gasteiger partial charge on any atom is 0.194 e. The quantitative estimate of drug-likeness (QED) is 0.267. The normalized spacial score (nSPS) is 7.67. The van der Waals surface area contributed by atoms with Gasteiger partial charge in [0, 0.05) is 134 Å². The van der Waals surface area contributed by atoms with Gasteiger partial charge in [0.15, 0.2) is 5.01 Å². The Morgan fingerprint density at radius 1 is 0.611 bits per heavy atom. The van der Waals surface area contributed by atoms with Crippen molar-refractivity contribution < 1.29 is 110 Å². The summed E-state index contributed by atoms with van der Waals surface area (Å²) in [4.78, 5) is 7.75. The highest BCUT2D eigenvalue weighted by atomic mass is 32.1. The summed E-state index contributed by atoms with van der Waals surface area (Å²) in [5, 5.41) is 9.24. The average molecular weight is 635 g/mol. The summed E-state index contributed by atoms with van der Waals surface area (Å²) < 4.78 is 192. The Kier molecular flexibility index (Phi) is 261. The third-order valence-electron chi connectivity index (χ3n) is 2.02. The highest BCUT2D eigenvalue weighted by Crippen LogP contribution is 2.23. The number of thiazole rings is 1. The van der Waals surface area contributed by atoms with E-state index in [9.17, 15) is 0 Å². The van der Waals surface area contributed by atoms with E-state index in [1.54, 1.807) is 0 Å². The van der Waals surface area contributed by atoms with E-state index in [0.717, 1.165) is 25.2 Å². The molecule has 1 aromatic rings. The molecule has 0 spiro atoms. The third kappa shape index (κ3) is 69.7. The number of aromatic nitrogens is 1. The minimum Gasteiger partial charge on any atom is -0.301 e. The van der Waals surface area contributed by atoms with Gasteiger partial charge in [-0.15, -0.1) is 11.3 Å². The van der Waals surface area contributed by atoms with E-state index >= 15 is 0 Å². The highest BCUT2D eigenvalue weighted by Gasteiger charge is 2.17. The van der Waals surface area contributed by atoms with Crippen molar-refractivity contribution in [2.75, 3.05) is 13.6 Å². The van der Waals surface area contributed by atoms with Crippen LogP contribution >= 0.6 is 11.3 Å². The van der Waals surface area contributed by atoms with E-state index in [-0.39, 0.29) is 0 Å². The van der Waals surface area contributed by atoms with Crippen molar-refractivity contribution in [2.24, 2.45) is 0 Å². The summed E-state index contributed by atoms with van der Waals surface area (Å²) >= 11 is 1.53. The summed E-state index contributed by atoms with van der Waals surface area (Å²) in [6, 6.07) is 2.09. The van der Waals surface area contributed by atoms with E-state index in [0.29, 0.717) is 5.01 Å². The van der Waals surface area contributed by atoms with Gasteiger partial charge in [-0.05, 0) is 7.05 Å². The standard InChI is InChI=1S/C8H9N3S.12F2/c1-11-3-2-6-7(5-11)12-8(4-9)10-6;12*1-2/h2-3,5H2,1H3;;;;;;;;;;;;. The van der Waals surface area contributed by atoms with Gasteiger partial charge in [-0.3, -0.25) is 0 Å². The van der Waals surface area contributed by atoms with E-state index in [1.165, 1.54) is 16.2 Å². The predicted molar refractivity (Wildman–Crippen MR) is 73.5 cm³/mol. The first kappa shape index (κ1) is 69.9. The van der Waals surface area contributed by atoms with Gasteiger partial charge in [0.1, 0.15) is 6.07 Å². The van der Waals surface area contributed by atoms with Crippen molar-refractivity contribution in [3.05, 3.63) is 15.6 Å². The molecule has 36 heavy (non-hydrogen) atoms. The molecule has 230 valence electrons. The molecular formula is C8H9F24N3S. The molecule has 2 heterocycles. The molecule has 0 atom stereocenters. The van der Waals surface area contributed by atoms with Crippen molar-refractivity contribution in [3.8, 4) is 6.07 Å². The first-order chi connectivity index (χ1) is 17.8. The fraction of sp³-hybridized carbons (Fsp3) is 0.500. The number of halogens is 24. The Labute approximate surface area is 186 Å². The highest BCUT2D eigenvalue weighted by molar-refractivity contribution is 7.12. The smallest absolute Gasteiger partial charge is 0.194 e. The number of hydrogen-bond acceptors (Lipinski definition) is 4. The zero-order valence-electron chi connectivity index (χ0n) is 15.9. The number of hydrogen-bond donors (Lipinski definition) is 0. The van der Waals surface area contributed by atoms with Crippen LogP contribution in [-0.4, -0.2) is 23.5 Å². The lowest BCUT2D eigenvalue weighted by molar-refractivity contribution is 0.108. The van der Waals surface area contributed by atoms with Crippen LogP contribution in [0.5, 0.6) is 0 Å². The van der Waals surface area contributed by atoms with Crippen LogP contribution in [0, 0.1) is 11.3 Å². The molecule has 1 aromatic heterocycles. The van der Waals surface area contributed by atoms with Gasteiger partial charge in [0.2, 0.25) is 0 Å². The SMILES string of the molecule is CN1CCc2nc(C#N)sc2C1.FF.FF.FF.FF.FF.FF.FF.FF.FF.FF.FF.FF. The fourth-order valence-corrected chi connectivity index (χ4v) is 2.36. The zero-order chi connectivity index (χ0) is 32.6. The van der Waals surface area contributed by atoms with Crippen molar-refractivity contribution in [2.45, 2.75) is 13.0 Å². The van der Waals surface area contributed by atoms with Gasteiger partial charge in [-0.2, -0.15) is 5.26 Å². The second kappa shape index (κ2) is 135. The molecule has 1 aliphatic heterocycles. The Morgan fingerprint density at radius 3 is 1.14 bits per heavy atom. The molecule has 0 unspecified atom stereocenters. The monoisotopic (exact) mass is 635 g/mol. The molecule has 28 heteroatoms. The minimum atomic E-state index is 0.607. The molecule has 0 aromatic carbocycles. The first-order valence-electron chi connectivity index (χ1n) is 5.58. The average Bonchev–Trinajstić information content (AvgIpc) is 3.47. The van der Waals surface area contributed by atoms with Crippen LogP contribution in [0.15, 0.2) is 0 Å². The van der Waals surface area contributed by atoms with Gasteiger partial charge in [-0.25, -0.2) is 4.98 Å². The molecule has 3 nitrogen and oxygen atoms in total. The molecule has 0 saturated heterocycles. The van der Waals surface area contributed by atoms with Gasteiger partial charge in [0.25, 0.3) is 0 Å². The zero-order valence-corrected chi connectivity index (χ0v) is 16.8. The molecule has 0 saturated carbocycles. The Hall–Kier alpha value is -2.60. The Morgan fingerprint density at radius 2 is 0.889 bits per heavy atom. The molecular weight excluding hydrogens is 626 g/mol. The van der Waals surface area contributed by atoms with Crippen molar-refractivity contribution >= 4 is 11.3 Å². The summed E-state index contributed by atoms with van der Waals surface area (Å²) in [6.45, 7) is 2.01. The Balaban J connectivity index is -0.0000000249. The van der Waals surface area contributed by atoms with Gasteiger partial charge < -0.3 is 4.90 Å². The van der Waals surface area contributed by atoms with Crippen LogP contribution in [0.2, 0.25) is 0 Å². The van der Waals surface area contributed by atoms with Crippen molar-refractivity contribution in [1.29, 1.82) is 5.26 Å². The summed E-state index contributed by atoms with van der Waals surface area (Å²) in [7, 11) is 2.09. The van der Waals surface area contributed by atoms with Crippen molar-refractivity contribution in [1.82, 2.24) is 9.88 Å². The maximum atomic E-state index is 8.64. The maximum absolute atomic E-state index is 8.64. The lowest BCUT2D eigenvalue weighted by Gasteiger charge is -2.20. The predicted octanol–water partition coefficient (Wildman–Crippen LogP) is 11.1. The number of nitriles is 1. The minimum absolute atomic E-state index is 0.607. The van der Waals surface area contributed by atoms with Crippen LogP contribution in [0.4, 0.5) is 110 Å². The van der Waals surface area contributed by atoms with Gasteiger partial charge in [0.05, 0.1) is 5.69 Å². The Bertz CT molecular complexity index is 370. The van der Waals surface area contributed by atoms with E-state index < -0.39 is 0 Å². The molecule has 0 fully saturated rings. The van der Waals surface area contributed by atoms with Crippen LogP contribution in [-0.2, 0) is 13.0 Å². The van der Waals surface area contributed by atoms with Crippen LogP contribution in [0.3, 0.4) is 0 Å². The van der Waals surface area contributed by atoms with Crippen molar-refractivity contribution in [3.63, 3.8) is 0 Å². The van der Waals surface area contributed by atoms with E-state index in [1.807, 2.05) is 0 Å². The molecule has 0 amide bonds. The van der Waals surface area contributed by atoms with Crippen LogP contribution in [0.1, 0.15) is 15.6 Å². The fourth-order valence-electron chi connectivity index (χ4n) is 1.37. The van der Waals surface area contributed by atoms with E-state index in [2.05, 4.69) is 23.0 Å². The summed E-state index contributed by atoms with van der Waals surface area (Å²) in [5.41, 5.74) is 1.13. The van der Waals surface area contributed by atoms with E-state index in [4.69, 9.17) is 115 Å². The summed E-state index contributed by atoms with van der Waals surface area (Å²) in [5.74, 6) is 0. The largest absolute Gasteiger partial charge is 0.301 e. The van der Waals surface area contributed by atoms with Gasteiger partial charge >= 0.3 is 0 Å².